The van der Waals surface area contributed by atoms with Gasteiger partial charge >= 0.3 is 0 Å². The van der Waals surface area contributed by atoms with Crippen LogP contribution < -0.4 is 0 Å². The summed E-state index contributed by atoms with van der Waals surface area (Å²) in [4.78, 5) is 2.40. The summed E-state index contributed by atoms with van der Waals surface area (Å²) in [6.07, 6.45) is 3.58. The molecule has 1 aromatic rings. The first-order chi connectivity index (χ1) is 9.22. The second-order valence-electron chi connectivity index (χ2n) is 4.99. The van der Waals surface area contributed by atoms with Crippen LogP contribution in [0.3, 0.4) is 0 Å². The zero-order valence-corrected chi connectivity index (χ0v) is 12.0. The summed E-state index contributed by atoms with van der Waals surface area (Å²) >= 11 is 5.97. The highest BCUT2D eigenvalue weighted by Gasteiger charge is 2.25. The predicted molar refractivity (Wildman–Crippen MR) is 76.3 cm³/mol. The molecule has 1 fully saturated rings. The summed E-state index contributed by atoms with van der Waals surface area (Å²) in [7, 11) is 1.77. The van der Waals surface area contributed by atoms with Gasteiger partial charge in [-0.05, 0) is 49.6 Å². The third-order valence-corrected chi connectivity index (χ3v) is 3.85. The summed E-state index contributed by atoms with van der Waals surface area (Å²) in [6.45, 7) is 3.22. The first kappa shape index (κ1) is 14.3. The molecule has 0 aliphatic carbocycles. The van der Waals surface area contributed by atoms with Crippen LogP contribution in [0.1, 0.15) is 24.0 Å². The van der Waals surface area contributed by atoms with Gasteiger partial charge in [0.15, 0.2) is 0 Å². The maximum Gasteiger partial charge on any atom is 0.0994 e. The fourth-order valence-electron chi connectivity index (χ4n) is 2.38. The molecule has 0 bridgehead atoms. The Hall–Kier alpha value is -1.08. The van der Waals surface area contributed by atoms with Crippen LogP contribution in [-0.2, 0) is 11.2 Å². The molecule has 1 aliphatic heterocycles. The van der Waals surface area contributed by atoms with E-state index in [-0.39, 0.29) is 0 Å². The van der Waals surface area contributed by atoms with Crippen molar-refractivity contribution < 1.29 is 4.74 Å². The number of nitrogens with zero attached hydrogens (tertiary/aromatic N) is 2. The molecule has 1 aromatic carbocycles. The van der Waals surface area contributed by atoms with E-state index in [1.807, 2.05) is 6.07 Å². The van der Waals surface area contributed by atoms with E-state index >= 15 is 0 Å². The first-order valence-electron chi connectivity index (χ1n) is 6.66. The molecule has 0 atom stereocenters. The lowest BCUT2D eigenvalue weighted by atomic mass is 10.0. The van der Waals surface area contributed by atoms with Gasteiger partial charge in [-0.3, -0.25) is 4.90 Å². The number of halogens is 1. The van der Waals surface area contributed by atoms with Crippen LogP contribution in [-0.4, -0.2) is 37.7 Å². The Morgan fingerprint density at radius 2 is 2.21 bits per heavy atom. The van der Waals surface area contributed by atoms with Crippen molar-refractivity contribution in [1.29, 1.82) is 5.26 Å². The molecule has 1 heterocycles. The molecule has 1 saturated heterocycles. The van der Waals surface area contributed by atoms with E-state index in [2.05, 4.69) is 11.0 Å². The van der Waals surface area contributed by atoms with Crippen molar-refractivity contribution in [3.63, 3.8) is 0 Å². The highest BCUT2D eigenvalue weighted by molar-refractivity contribution is 6.30. The molecule has 2 rings (SSSR count). The quantitative estimate of drug-likeness (QED) is 0.751. The fraction of sp³-hybridized carbons (Fsp3) is 0.533. The van der Waals surface area contributed by atoms with Crippen LogP contribution in [0.4, 0.5) is 0 Å². The van der Waals surface area contributed by atoms with E-state index in [1.165, 1.54) is 0 Å². The lowest BCUT2D eigenvalue weighted by Gasteiger charge is -2.38. The van der Waals surface area contributed by atoms with Gasteiger partial charge in [0.25, 0.3) is 0 Å². The molecular formula is C15H19ClN2O. The number of nitriles is 1. The first-order valence-corrected chi connectivity index (χ1v) is 7.04. The zero-order chi connectivity index (χ0) is 13.7. The van der Waals surface area contributed by atoms with Gasteiger partial charge in [-0.2, -0.15) is 5.26 Å². The Bertz CT molecular complexity index is 464. The van der Waals surface area contributed by atoms with Crippen LogP contribution in [0.2, 0.25) is 5.02 Å². The summed E-state index contributed by atoms with van der Waals surface area (Å²) in [5, 5.41) is 9.75. The molecular weight excluding hydrogens is 260 g/mol. The van der Waals surface area contributed by atoms with Crippen LogP contribution in [0, 0.1) is 11.3 Å². The molecule has 0 saturated carbocycles. The number of hydrogen-bond donors (Lipinski definition) is 0. The number of unbranched alkanes of at least 4 members (excludes halogenated alkanes) is 1. The van der Waals surface area contributed by atoms with Crippen molar-refractivity contribution in [2.45, 2.75) is 25.4 Å². The van der Waals surface area contributed by atoms with E-state index in [1.54, 1.807) is 19.2 Å². The Morgan fingerprint density at radius 3 is 2.89 bits per heavy atom. The summed E-state index contributed by atoms with van der Waals surface area (Å²) < 4.78 is 5.24. The normalized spacial score (nSPS) is 16.1. The molecule has 0 unspecified atom stereocenters. The van der Waals surface area contributed by atoms with Crippen LogP contribution >= 0.6 is 11.6 Å². The Morgan fingerprint density at radius 1 is 1.42 bits per heavy atom. The smallest absolute Gasteiger partial charge is 0.0994 e. The third kappa shape index (κ3) is 3.94. The topological polar surface area (TPSA) is 36.3 Å². The van der Waals surface area contributed by atoms with Crippen molar-refractivity contribution in [3.05, 3.63) is 34.3 Å². The summed E-state index contributed by atoms with van der Waals surface area (Å²) in [5.74, 6) is 0. The minimum Gasteiger partial charge on any atom is -0.379 e. The maximum atomic E-state index is 9.04. The molecule has 3 nitrogen and oxygen atoms in total. The zero-order valence-electron chi connectivity index (χ0n) is 11.2. The highest BCUT2D eigenvalue weighted by Crippen LogP contribution is 2.18. The SMILES string of the molecule is COC1CN(CCCCc2cc(Cl)ccc2C#N)C1. The van der Waals surface area contributed by atoms with Gasteiger partial charge in [-0.25, -0.2) is 0 Å². The summed E-state index contributed by atoms with van der Waals surface area (Å²) in [6, 6.07) is 7.70. The van der Waals surface area contributed by atoms with Gasteiger partial charge in [0, 0.05) is 25.2 Å². The number of ether oxygens (including phenoxy) is 1. The fourth-order valence-corrected chi connectivity index (χ4v) is 2.58. The van der Waals surface area contributed by atoms with Gasteiger partial charge < -0.3 is 4.74 Å². The van der Waals surface area contributed by atoms with Crippen molar-refractivity contribution >= 4 is 11.6 Å². The van der Waals surface area contributed by atoms with Crippen molar-refractivity contribution in [3.8, 4) is 6.07 Å². The molecule has 0 amide bonds. The van der Waals surface area contributed by atoms with Gasteiger partial charge in [0.2, 0.25) is 0 Å². The van der Waals surface area contributed by atoms with Crippen molar-refractivity contribution in [2.24, 2.45) is 0 Å². The van der Waals surface area contributed by atoms with E-state index in [4.69, 9.17) is 21.6 Å². The van der Waals surface area contributed by atoms with Crippen LogP contribution in [0.5, 0.6) is 0 Å². The molecule has 0 aromatic heterocycles. The Kier molecular flexibility index (Phi) is 5.21. The number of likely N-dealkylation sites (tertiary alicyclic amines) is 1. The van der Waals surface area contributed by atoms with E-state index in [9.17, 15) is 0 Å². The average Bonchev–Trinajstić information content (AvgIpc) is 2.36. The number of rotatable bonds is 6. The summed E-state index contributed by atoms with van der Waals surface area (Å²) in [5.41, 5.74) is 1.81. The van der Waals surface area contributed by atoms with Gasteiger partial charge in [0.1, 0.15) is 0 Å². The standard InChI is InChI=1S/C15H19ClN2O/c1-19-15-10-18(11-15)7-3-2-4-12-8-14(16)6-5-13(12)9-17/h5-6,8,15H,2-4,7,10-11H2,1H3. The number of aryl methyl sites for hydroxylation is 1. The third-order valence-electron chi connectivity index (χ3n) is 3.62. The van der Waals surface area contributed by atoms with Crippen molar-refractivity contribution in [1.82, 2.24) is 4.90 Å². The lowest BCUT2D eigenvalue weighted by molar-refractivity contribution is -0.0296. The predicted octanol–water partition coefficient (Wildman–Crippen LogP) is 2.86. The van der Waals surface area contributed by atoms with Gasteiger partial charge in [0.05, 0.1) is 17.7 Å². The lowest BCUT2D eigenvalue weighted by Crippen LogP contribution is -2.51. The Balaban J connectivity index is 1.71. The van der Waals surface area contributed by atoms with E-state index in [0.29, 0.717) is 11.1 Å². The van der Waals surface area contributed by atoms with Gasteiger partial charge in [-0.15, -0.1) is 0 Å². The van der Waals surface area contributed by atoms with Gasteiger partial charge in [-0.1, -0.05) is 11.6 Å². The number of benzene rings is 1. The number of hydrogen-bond acceptors (Lipinski definition) is 3. The molecule has 0 N–H and O–H groups in total. The van der Waals surface area contributed by atoms with E-state index in [0.717, 1.165) is 50.0 Å². The second kappa shape index (κ2) is 6.91. The van der Waals surface area contributed by atoms with Crippen LogP contribution in [0.25, 0.3) is 0 Å². The monoisotopic (exact) mass is 278 g/mol. The minimum atomic E-state index is 0.429. The maximum absolute atomic E-state index is 9.04. The molecule has 4 heteroatoms. The van der Waals surface area contributed by atoms with E-state index < -0.39 is 0 Å². The van der Waals surface area contributed by atoms with Crippen LogP contribution in [0.15, 0.2) is 18.2 Å². The van der Waals surface area contributed by atoms with Crippen molar-refractivity contribution in [2.75, 3.05) is 26.7 Å². The largest absolute Gasteiger partial charge is 0.379 e. The highest BCUT2D eigenvalue weighted by atomic mass is 35.5. The Labute approximate surface area is 119 Å². The minimum absolute atomic E-state index is 0.429. The number of methoxy groups -OCH3 is 1. The second-order valence-corrected chi connectivity index (χ2v) is 5.42. The molecule has 1 aliphatic rings. The average molecular weight is 279 g/mol. The molecule has 102 valence electrons. The molecule has 0 spiro atoms. The molecule has 0 radical (unpaired) electrons. The molecule has 19 heavy (non-hydrogen) atoms.